The van der Waals surface area contributed by atoms with E-state index in [1.807, 2.05) is 18.2 Å². The molecule has 0 aromatic carbocycles. The number of nitrogens with one attached hydrogen (secondary N) is 1. The van der Waals surface area contributed by atoms with Gasteiger partial charge in [0.15, 0.2) is 0 Å². The molecule has 6 nitrogen and oxygen atoms in total. The first-order valence-electron chi connectivity index (χ1n) is 6.15. The third kappa shape index (κ3) is 2.98. The number of hydrogen-bond acceptors (Lipinski definition) is 5. The van der Waals surface area contributed by atoms with Crippen LogP contribution in [0.4, 0.5) is 0 Å². The van der Waals surface area contributed by atoms with E-state index in [-0.39, 0.29) is 5.91 Å². The zero-order valence-electron chi connectivity index (χ0n) is 11.4. The fraction of sp³-hybridized carbons (Fsp3) is 0.583. The van der Waals surface area contributed by atoms with Crippen LogP contribution >= 0.6 is 11.8 Å². The number of piperazine rings is 1. The van der Waals surface area contributed by atoms with Gasteiger partial charge in [-0.15, -0.1) is 11.8 Å². The standard InChI is InChI=1S/C12H18N4O2S/c1-8-9(10(19-3)14-12(18)13-8)11(17)16-6-4-15(2)5-7-16/h4-7H2,1-3H3,(H,13,14,18). The van der Waals surface area contributed by atoms with E-state index in [1.165, 1.54) is 11.8 Å². The van der Waals surface area contributed by atoms with Crippen LogP contribution in [-0.2, 0) is 0 Å². The summed E-state index contributed by atoms with van der Waals surface area (Å²) in [4.78, 5) is 34.4. The Morgan fingerprint density at radius 3 is 2.53 bits per heavy atom. The van der Waals surface area contributed by atoms with Gasteiger partial charge in [0.25, 0.3) is 5.91 Å². The van der Waals surface area contributed by atoms with Crippen LogP contribution in [0.2, 0.25) is 0 Å². The van der Waals surface area contributed by atoms with Crippen molar-refractivity contribution >= 4 is 17.7 Å². The van der Waals surface area contributed by atoms with E-state index >= 15 is 0 Å². The van der Waals surface area contributed by atoms with Crippen molar-refractivity contribution in [1.82, 2.24) is 19.8 Å². The van der Waals surface area contributed by atoms with Crippen molar-refractivity contribution in [3.05, 3.63) is 21.7 Å². The van der Waals surface area contributed by atoms with Crippen LogP contribution < -0.4 is 5.69 Å². The van der Waals surface area contributed by atoms with Crippen LogP contribution in [0.3, 0.4) is 0 Å². The van der Waals surface area contributed by atoms with Crippen molar-refractivity contribution in [1.29, 1.82) is 0 Å². The molecule has 0 unspecified atom stereocenters. The van der Waals surface area contributed by atoms with Gasteiger partial charge in [0, 0.05) is 31.9 Å². The number of amides is 1. The molecule has 1 aliphatic heterocycles. The van der Waals surface area contributed by atoms with E-state index < -0.39 is 5.69 Å². The Kier molecular flexibility index (Phi) is 4.26. The van der Waals surface area contributed by atoms with Crippen LogP contribution in [0.1, 0.15) is 16.1 Å². The summed E-state index contributed by atoms with van der Waals surface area (Å²) in [6.45, 7) is 4.90. The molecule has 1 aromatic rings. The number of nitrogens with zero attached hydrogens (tertiary/aromatic N) is 3. The van der Waals surface area contributed by atoms with Crippen molar-refractivity contribution in [3.63, 3.8) is 0 Å². The molecule has 19 heavy (non-hydrogen) atoms. The average Bonchev–Trinajstić information content (AvgIpc) is 2.38. The molecule has 0 atom stereocenters. The minimum Gasteiger partial charge on any atom is -0.336 e. The lowest BCUT2D eigenvalue weighted by Gasteiger charge is -2.32. The third-order valence-electron chi connectivity index (χ3n) is 3.28. The van der Waals surface area contributed by atoms with E-state index in [4.69, 9.17) is 0 Å². The second-order valence-electron chi connectivity index (χ2n) is 4.65. The maximum Gasteiger partial charge on any atom is 0.346 e. The molecule has 0 spiro atoms. The molecule has 1 aromatic heterocycles. The number of aromatic amines is 1. The van der Waals surface area contributed by atoms with E-state index in [0.29, 0.717) is 29.4 Å². The quantitative estimate of drug-likeness (QED) is 0.619. The molecule has 0 aliphatic carbocycles. The summed E-state index contributed by atoms with van der Waals surface area (Å²) in [5.41, 5.74) is 0.710. The summed E-state index contributed by atoms with van der Waals surface area (Å²) < 4.78 is 0. The predicted molar refractivity (Wildman–Crippen MR) is 74.8 cm³/mol. The highest BCUT2D eigenvalue weighted by atomic mass is 32.2. The molecule has 1 amide bonds. The van der Waals surface area contributed by atoms with E-state index in [0.717, 1.165) is 13.1 Å². The third-order valence-corrected chi connectivity index (χ3v) is 3.97. The fourth-order valence-electron chi connectivity index (χ4n) is 2.13. The second-order valence-corrected chi connectivity index (χ2v) is 5.44. The van der Waals surface area contributed by atoms with Gasteiger partial charge in [0.05, 0.1) is 5.56 Å². The fourth-order valence-corrected chi connectivity index (χ4v) is 2.75. The second kappa shape index (κ2) is 5.75. The van der Waals surface area contributed by atoms with Crippen molar-refractivity contribution in [3.8, 4) is 0 Å². The lowest BCUT2D eigenvalue weighted by Crippen LogP contribution is -2.47. The highest BCUT2D eigenvalue weighted by molar-refractivity contribution is 7.98. The molecule has 1 N–H and O–H groups in total. The average molecular weight is 282 g/mol. The summed E-state index contributed by atoms with van der Waals surface area (Å²) in [7, 11) is 2.04. The van der Waals surface area contributed by atoms with Crippen LogP contribution in [-0.4, -0.2) is 65.2 Å². The number of carbonyl (C=O) groups excluding carboxylic acids is 1. The minimum atomic E-state index is -0.406. The Morgan fingerprint density at radius 1 is 1.32 bits per heavy atom. The summed E-state index contributed by atoms with van der Waals surface area (Å²) in [6.07, 6.45) is 1.82. The van der Waals surface area contributed by atoms with Gasteiger partial charge in [0.1, 0.15) is 5.03 Å². The number of hydrogen-bond donors (Lipinski definition) is 1. The van der Waals surface area contributed by atoms with Gasteiger partial charge >= 0.3 is 5.69 Å². The van der Waals surface area contributed by atoms with Gasteiger partial charge in [-0.25, -0.2) is 4.79 Å². The van der Waals surface area contributed by atoms with Gasteiger partial charge in [-0.1, -0.05) is 0 Å². The Labute approximate surface area is 116 Å². The molecule has 1 fully saturated rings. The molecule has 104 valence electrons. The predicted octanol–water partition coefficient (Wildman–Crippen LogP) is 0.188. The molecule has 0 saturated carbocycles. The van der Waals surface area contributed by atoms with Gasteiger partial charge in [-0.3, -0.25) is 4.79 Å². The first kappa shape index (κ1) is 14.1. The van der Waals surface area contributed by atoms with Gasteiger partial charge in [0.2, 0.25) is 0 Å². The zero-order valence-corrected chi connectivity index (χ0v) is 12.2. The highest BCUT2D eigenvalue weighted by Crippen LogP contribution is 2.20. The number of thioether (sulfide) groups is 1. The number of aromatic nitrogens is 2. The maximum absolute atomic E-state index is 12.6. The Bertz CT molecular complexity index is 535. The highest BCUT2D eigenvalue weighted by Gasteiger charge is 2.25. The smallest absolute Gasteiger partial charge is 0.336 e. The topological polar surface area (TPSA) is 69.3 Å². The van der Waals surface area contributed by atoms with E-state index in [9.17, 15) is 9.59 Å². The number of carbonyl (C=O) groups is 1. The lowest BCUT2D eigenvalue weighted by atomic mass is 10.2. The van der Waals surface area contributed by atoms with Crippen LogP contribution in [0.15, 0.2) is 9.82 Å². The van der Waals surface area contributed by atoms with Crippen molar-refractivity contribution in [2.45, 2.75) is 11.9 Å². The molecular formula is C12H18N4O2S. The summed E-state index contributed by atoms with van der Waals surface area (Å²) in [6, 6.07) is 0. The van der Waals surface area contributed by atoms with Crippen LogP contribution in [0.5, 0.6) is 0 Å². The molecule has 0 radical (unpaired) electrons. The molecule has 1 saturated heterocycles. The normalized spacial score (nSPS) is 16.7. The Hall–Kier alpha value is -1.34. The number of aryl methyl sites for hydroxylation is 1. The van der Waals surface area contributed by atoms with Crippen LogP contribution in [0.25, 0.3) is 0 Å². The molecule has 0 bridgehead atoms. The zero-order chi connectivity index (χ0) is 14.0. The Balaban J connectivity index is 2.31. The first-order valence-corrected chi connectivity index (χ1v) is 7.38. The van der Waals surface area contributed by atoms with Crippen molar-refractivity contribution in [2.75, 3.05) is 39.5 Å². The largest absolute Gasteiger partial charge is 0.346 e. The van der Waals surface area contributed by atoms with Gasteiger partial charge in [-0.2, -0.15) is 4.98 Å². The molecule has 1 aliphatic rings. The number of likely N-dealkylation sites (N-methyl/N-ethyl adjacent to an activating group) is 1. The maximum atomic E-state index is 12.6. The molecule has 2 heterocycles. The first-order chi connectivity index (χ1) is 9.02. The molecule has 2 rings (SSSR count). The van der Waals surface area contributed by atoms with Crippen molar-refractivity contribution < 1.29 is 4.79 Å². The van der Waals surface area contributed by atoms with E-state index in [2.05, 4.69) is 14.9 Å². The van der Waals surface area contributed by atoms with Gasteiger partial charge in [-0.05, 0) is 20.2 Å². The summed E-state index contributed by atoms with van der Waals surface area (Å²) in [5.74, 6) is -0.0429. The molecule has 7 heteroatoms. The summed E-state index contributed by atoms with van der Waals surface area (Å²) >= 11 is 1.33. The number of H-pyrrole nitrogens is 1. The van der Waals surface area contributed by atoms with Crippen molar-refractivity contribution in [2.24, 2.45) is 0 Å². The van der Waals surface area contributed by atoms with Gasteiger partial charge < -0.3 is 14.8 Å². The van der Waals surface area contributed by atoms with E-state index in [1.54, 1.807) is 6.92 Å². The van der Waals surface area contributed by atoms with Crippen LogP contribution in [0, 0.1) is 6.92 Å². The molecular weight excluding hydrogens is 264 g/mol. The minimum absolute atomic E-state index is 0.0429. The monoisotopic (exact) mass is 282 g/mol. The lowest BCUT2D eigenvalue weighted by molar-refractivity contribution is 0.0658. The SMILES string of the molecule is CSc1nc(=O)[nH]c(C)c1C(=O)N1CCN(C)CC1. The summed E-state index contributed by atoms with van der Waals surface area (Å²) in [5, 5.41) is 0.505. The number of rotatable bonds is 2. The Morgan fingerprint density at radius 2 is 1.95 bits per heavy atom.